The topological polar surface area (TPSA) is 73.8 Å². The zero-order valence-electron chi connectivity index (χ0n) is 20.1. The largest absolute Gasteiger partial charge is 0.491 e. The third-order valence-electron chi connectivity index (χ3n) is 6.51. The molecule has 0 bridgehead atoms. The van der Waals surface area contributed by atoms with E-state index in [9.17, 15) is 18.7 Å². The van der Waals surface area contributed by atoms with Crippen molar-refractivity contribution in [2.24, 2.45) is 5.92 Å². The molecule has 1 heterocycles. The van der Waals surface area contributed by atoms with E-state index in [4.69, 9.17) is 4.74 Å². The third kappa shape index (κ3) is 7.14. The fraction of sp³-hybridized carbons (Fsp3) is 0.500. The van der Waals surface area contributed by atoms with Gasteiger partial charge in [-0.05, 0) is 62.5 Å². The molecule has 2 aromatic rings. The number of nitrogens with one attached hydrogen (secondary N) is 2. The Morgan fingerprint density at radius 1 is 1.21 bits per heavy atom. The number of benzene rings is 2. The molecule has 2 amide bonds. The zero-order valence-corrected chi connectivity index (χ0v) is 20.1. The van der Waals surface area contributed by atoms with E-state index >= 15 is 0 Å². The molecule has 186 valence electrons. The Balaban J connectivity index is 1.61. The van der Waals surface area contributed by atoms with Gasteiger partial charge in [0.25, 0.3) is 0 Å². The van der Waals surface area contributed by atoms with E-state index in [0.29, 0.717) is 12.3 Å². The number of amides is 2. The van der Waals surface area contributed by atoms with Crippen LogP contribution in [0.1, 0.15) is 44.7 Å². The number of piperidine rings is 1. The summed E-state index contributed by atoms with van der Waals surface area (Å²) in [6.45, 7) is 7.75. The predicted molar refractivity (Wildman–Crippen MR) is 127 cm³/mol. The number of aliphatic hydroxyl groups is 1. The minimum atomic E-state index is -0.922. The number of urea groups is 1. The van der Waals surface area contributed by atoms with Crippen LogP contribution in [0, 0.1) is 17.6 Å². The molecule has 0 saturated carbocycles. The van der Waals surface area contributed by atoms with E-state index in [0.717, 1.165) is 37.6 Å². The van der Waals surface area contributed by atoms with E-state index in [1.807, 2.05) is 26.0 Å². The van der Waals surface area contributed by atoms with Crippen molar-refractivity contribution >= 4 is 6.03 Å². The van der Waals surface area contributed by atoms with Crippen molar-refractivity contribution in [2.45, 2.75) is 58.3 Å². The summed E-state index contributed by atoms with van der Waals surface area (Å²) in [5, 5.41) is 16.5. The molecular formula is C26H35F2N3O3. The van der Waals surface area contributed by atoms with Crippen molar-refractivity contribution in [2.75, 3.05) is 19.7 Å². The van der Waals surface area contributed by atoms with Crippen LogP contribution in [-0.2, 0) is 13.1 Å². The lowest BCUT2D eigenvalue weighted by Crippen LogP contribution is -2.49. The van der Waals surface area contributed by atoms with Gasteiger partial charge in [-0.25, -0.2) is 13.6 Å². The molecule has 34 heavy (non-hydrogen) atoms. The summed E-state index contributed by atoms with van der Waals surface area (Å²) in [7, 11) is 0. The number of halogens is 2. The Labute approximate surface area is 200 Å². The Morgan fingerprint density at radius 2 is 1.88 bits per heavy atom. The van der Waals surface area contributed by atoms with Crippen LogP contribution in [0.15, 0.2) is 42.5 Å². The maximum atomic E-state index is 14.3. The monoisotopic (exact) mass is 475 g/mol. The number of ether oxygens (including phenoxy) is 1. The quantitative estimate of drug-likeness (QED) is 0.508. The summed E-state index contributed by atoms with van der Waals surface area (Å²) in [4.78, 5) is 14.7. The van der Waals surface area contributed by atoms with Crippen LogP contribution in [-0.4, -0.2) is 47.4 Å². The van der Waals surface area contributed by atoms with Crippen LogP contribution in [0.25, 0.3) is 0 Å². The van der Waals surface area contributed by atoms with Gasteiger partial charge in [-0.1, -0.05) is 32.0 Å². The van der Waals surface area contributed by atoms with Crippen LogP contribution in [0.5, 0.6) is 5.75 Å². The van der Waals surface area contributed by atoms with Crippen LogP contribution >= 0.6 is 0 Å². The van der Waals surface area contributed by atoms with E-state index in [1.54, 1.807) is 24.0 Å². The molecular weight excluding hydrogens is 440 g/mol. The minimum absolute atomic E-state index is 0.0322. The molecule has 0 aromatic heterocycles. The summed E-state index contributed by atoms with van der Waals surface area (Å²) in [6, 6.07) is 10.4. The summed E-state index contributed by atoms with van der Waals surface area (Å²) in [5.74, 6) is -0.592. The van der Waals surface area contributed by atoms with Gasteiger partial charge in [-0.15, -0.1) is 0 Å². The van der Waals surface area contributed by atoms with Gasteiger partial charge in [0, 0.05) is 24.2 Å². The van der Waals surface area contributed by atoms with E-state index in [2.05, 4.69) is 10.6 Å². The van der Waals surface area contributed by atoms with E-state index in [-0.39, 0.29) is 36.7 Å². The van der Waals surface area contributed by atoms with Gasteiger partial charge in [0.2, 0.25) is 0 Å². The minimum Gasteiger partial charge on any atom is -0.491 e. The number of hydrogen-bond donors (Lipinski definition) is 3. The van der Waals surface area contributed by atoms with Gasteiger partial charge in [-0.3, -0.25) is 0 Å². The van der Waals surface area contributed by atoms with Crippen molar-refractivity contribution < 1.29 is 23.4 Å². The van der Waals surface area contributed by atoms with Crippen molar-refractivity contribution in [1.82, 2.24) is 15.5 Å². The normalized spacial score (nSPS) is 16.2. The van der Waals surface area contributed by atoms with E-state index < -0.39 is 17.2 Å². The molecule has 3 N–H and O–H groups in total. The summed E-state index contributed by atoms with van der Waals surface area (Å²) >= 11 is 0. The molecule has 1 saturated heterocycles. The van der Waals surface area contributed by atoms with Crippen molar-refractivity contribution in [3.05, 3.63) is 65.2 Å². The highest BCUT2D eigenvalue weighted by Crippen LogP contribution is 2.21. The number of rotatable bonds is 9. The maximum absolute atomic E-state index is 14.3. The van der Waals surface area contributed by atoms with Gasteiger partial charge in [0.15, 0.2) is 0 Å². The molecule has 0 radical (unpaired) electrons. The highest BCUT2D eigenvalue weighted by atomic mass is 19.1. The smallest absolute Gasteiger partial charge is 0.318 e. The summed E-state index contributed by atoms with van der Waals surface area (Å²) in [5.41, 5.74) is 0.248. The van der Waals surface area contributed by atoms with Gasteiger partial charge >= 0.3 is 6.03 Å². The van der Waals surface area contributed by atoms with Crippen molar-refractivity contribution in [3.8, 4) is 5.75 Å². The first-order valence-corrected chi connectivity index (χ1v) is 11.8. The number of nitrogens with zero attached hydrogens (tertiary/aromatic N) is 1. The molecule has 6 nitrogen and oxygen atoms in total. The van der Waals surface area contributed by atoms with Crippen LogP contribution < -0.4 is 15.4 Å². The second kappa shape index (κ2) is 11.6. The molecule has 1 aliphatic heterocycles. The fourth-order valence-electron chi connectivity index (χ4n) is 3.70. The summed E-state index contributed by atoms with van der Waals surface area (Å²) in [6.07, 6.45) is 1.53. The molecule has 3 rings (SSSR count). The average Bonchev–Trinajstić information content (AvgIpc) is 2.82. The summed E-state index contributed by atoms with van der Waals surface area (Å²) < 4.78 is 33.3. The fourth-order valence-corrected chi connectivity index (χ4v) is 3.70. The van der Waals surface area contributed by atoms with Crippen molar-refractivity contribution in [1.29, 1.82) is 0 Å². The lowest BCUT2D eigenvalue weighted by molar-refractivity contribution is -0.0266. The van der Waals surface area contributed by atoms with Crippen molar-refractivity contribution in [3.63, 3.8) is 0 Å². The first-order valence-electron chi connectivity index (χ1n) is 11.8. The highest BCUT2D eigenvalue weighted by molar-refractivity contribution is 5.74. The zero-order chi connectivity index (χ0) is 24.7. The maximum Gasteiger partial charge on any atom is 0.318 e. The van der Waals surface area contributed by atoms with Crippen LogP contribution in [0.4, 0.5) is 13.6 Å². The van der Waals surface area contributed by atoms with Gasteiger partial charge in [-0.2, -0.15) is 0 Å². The predicted octanol–water partition coefficient (Wildman–Crippen LogP) is 4.21. The van der Waals surface area contributed by atoms with Crippen LogP contribution in [0.2, 0.25) is 0 Å². The number of hydrogen-bond acceptors (Lipinski definition) is 4. The third-order valence-corrected chi connectivity index (χ3v) is 6.51. The number of carbonyl (C=O) groups excluding carboxylic acids is 1. The van der Waals surface area contributed by atoms with Gasteiger partial charge in [0.05, 0.1) is 12.1 Å². The Bertz CT molecular complexity index is 945. The standard InChI is InChI=1S/C26H35F2N3O3/c1-18(2)26(3,33)17-34-23-8-4-19(5-9-23)15-30-25(32)31(22-10-12-29-13-11-22)16-20-6-7-21(27)14-24(20)28/h4-9,14,18,22,29,33H,10-13,15-17H2,1-3H3,(H,30,32). The first-order chi connectivity index (χ1) is 16.2. The molecule has 1 atom stereocenters. The SMILES string of the molecule is CC(C)C(C)(O)COc1ccc(CNC(=O)N(Cc2ccc(F)cc2F)C2CCNCC2)cc1. The number of carbonyl (C=O) groups is 1. The first kappa shape index (κ1) is 25.9. The molecule has 1 aliphatic rings. The molecule has 0 spiro atoms. The molecule has 8 heteroatoms. The van der Waals surface area contributed by atoms with Crippen LogP contribution in [0.3, 0.4) is 0 Å². The van der Waals surface area contributed by atoms with Gasteiger partial charge < -0.3 is 25.4 Å². The average molecular weight is 476 g/mol. The second-order valence-electron chi connectivity index (χ2n) is 9.45. The lowest BCUT2D eigenvalue weighted by Gasteiger charge is -2.35. The van der Waals surface area contributed by atoms with Gasteiger partial charge in [0.1, 0.15) is 24.0 Å². The second-order valence-corrected chi connectivity index (χ2v) is 9.45. The lowest BCUT2D eigenvalue weighted by atomic mass is 9.94. The molecule has 1 unspecified atom stereocenters. The van der Waals surface area contributed by atoms with E-state index in [1.165, 1.54) is 12.1 Å². The molecule has 0 aliphatic carbocycles. The highest BCUT2D eigenvalue weighted by Gasteiger charge is 2.27. The molecule has 1 fully saturated rings. The molecule has 2 aromatic carbocycles. The Hall–Kier alpha value is -2.71. The Morgan fingerprint density at radius 3 is 2.50 bits per heavy atom. The Kier molecular flexibility index (Phi) is 8.85.